The zero-order chi connectivity index (χ0) is 21.6. The molecule has 5 rings (SSSR count). The summed E-state index contributed by atoms with van der Waals surface area (Å²) in [6.07, 6.45) is 1.01. The lowest BCUT2D eigenvalue weighted by Crippen LogP contribution is -2.42. The molecule has 0 saturated heterocycles. The number of rotatable bonds is 4. The van der Waals surface area contributed by atoms with Gasteiger partial charge >= 0.3 is 0 Å². The maximum atomic E-state index is 12.9. The van der Waals surface area contributed by atoms with Gasteiger partial charge in [0, 0.05) is 23.6 Å². The number of carbonyl (C=O) groups is 1. The summed E-state index contributed by atoms with van der Waals surface area (Å²) < 4.78 is 0. The molecule has 1 amide bonds. The number of aliphatic hydroxyl groups is 1. The maximum Gasteiger partial charge on any atom is 0.256 e. The Morgan fingerprint density at radius 2 is 1.84 bits per heavy atom. The first-order valence-electron chi connectivity index (χ1n) is 10.4. The van der Waals surface area contributed by atoms with Crippen LogP contribution in [0.1, 0.15) is 47.2 Å². The van der Waals surface area contributed by atoms with E-state index in [2.05, 4.69) is 17.1 Å². The predicted molar refractivity (Wildman–Crippen MR) is 117 cm³/mol. The molecule has 31 heavy (non-hydrogen) atoms. The van der Waals surface area contributed by atoms with E-state index in [1.165, 1.54) is 4.90 Å². The molecule has 6 nitrogen and oxygen atoms in total. The third-order valence-corrected chi connectivity index (χ3v) is 6.69. The number of amides is 1. The van der Waals surface area contributed by atoms with E-state index in [4.69, 9.17) is 16.6 Å². The number of aromatic nitrogens is 2. The Morgan fingerprint density at radius 3 is 2.55 bits per heavy atom. The van der Waals surface area contributed by atoms with Crippen LogP contribution in [0, 0.1) is 0 Å². The average molecular weight is 436 g/mol. The van der Waals surface area contributed by atoms with Gasteiger partial charge in [-0.3, -0.25) is 9.59 Å². The summed E-state index contributed by atoms with van der Waals surface area (Å²) in [6.45, 7) is 0.512. The molecule has 2 heterocycles. The van der Waals surface area contributed by atoms with Gasteiger partial charge in [0.05, 0.1) is 23.2 Å². The molecule has 1 aliphatic heterocycles. The molecule has 0 bridgehead atoms. The van der Waals surface area contributed by atoms with Gasteiger partial charge in [0.25, 0.3) is 11.5 Å². The van der Waals surface area contributed by atoms with E-state index in [9.17, 15) is 14.7 Å². The summed E-state index contributed by atoms with van der Waals surface area (Å²) in [4.78, 5) is 35.1. The summed E-state index contributed by atoms with van der Waals surface area (Å²) in [5.74, 6) is 0.239. The molecule has 7 heteroatoms. The van der Waals surface area contributed by atoms with Crippen LogP contribution in [0.4, 0.5) is 0 Å². The van der Waals surface area contributed by atoms with Crippen molar-refractivity contribution in [2.75, 3.05) is 6.54 Å². The molecular weight excluding hydrogens is 414 g/mol. The molecule has 1 fully saturated rings. The Morgan fingerprint density at radius 1 is 1.13 bits per heavy atom. The molecular formula is C24H22ClN3O3. The van der Waals surface area contributed by atoms with Crippen LogP contribution in [0.5, 0.6) is 0 Å². The van der Waals surface area contributed by atoms with Gasteiger partial charge in [-0.2, -0.15) is 0 Å². The number of H-pyrrole nitrogens is 1. The average Bonchev–Trinajstić information content (AvgIpc) is 3.61. The van der Waals surface area contributed by atoms with Crippen molar-refractivity contribution < 1.29 is 9.90 Å². The zero-order valence-corrected chi connectivity index (χ0v) is 17.6. The van der Waals surface area contributed by atoms with E-state index in [0.29, 0.717) is 34.9 Å². The third-order valence-electron chi connectivity index (χ3n) is 6.34. The first-order valence-corrected chi connectivity index (χ1v) is 10.8. The first kappa shape index (κ1) is 20.0. The second-order valence-electron chi connectivity index (χ2n) is 8.22. The molecule has 158 valence electrons. The van der Waals surface area contributed by atoms with Crippen molar-refractivity contribution in [1.82, 2.24) is 14.9 Å². The summed E-state index contributed by atoms with van der Waals surface area (Å²) in [5.41, 5.74) is 2.31. The van der Waals surface area contributed by atoms with Crippen LogP contribution in [0.2, 0.25) is 5.02 Å². The van der Waals surface area contributed by atoms with Gasteiger partial charge in [-0.05, 0) is 24.5 Å². The van der Waals surface area contributed by atoms with E-state index in [1.54, 1.807) is 24.3 Å². The molecule has 2 N–H and O–H groups in total. The van der Waals surface area contributed by atoms with Crippen LogP contribution < -0.4 is 5.56 Å². The molecule has 1 aromatic heterocycles. The van der Waals surface area contributed by atoms with Gasteiger partial charge in [-0.15, -0.1) is 0 Å². The number of aliphatic hydroxyl groups excluding tert-OH is 1. The number of aromatic amines is 1. The number of hydrogen-bond donors (Lipinski definition) is 2. The minimum atomic E-state index is -1.37. The van der Waals surface area contributed by atoms with Crippen LogP contribution in [0.15, 0.2) is 59.4 Å². The fourth-order valence-electron chi connectivity index (χ4n) is 4.39. The Labute approximate surface area is 184 Å². The van der Waals surface area contributed by atoms with Crippen molar-refractivity contribution in [2.45, 2.75) is 37.3 Å². The van der Waals surface area contributed by atoms with Gasteiger partial charge in [0.15, 0.2) is 6.10 Å². The largest absolute Gasteiger partial charge is 0.378 e. The van der Waals surface area contributed by atoms with Gasteiger partial charge in [0.1, 0.15) is 5.82 Å². The number of nitrogens with zero attached hydrogens (tertiary/aromatic N) is 2. The van der Waals surface area contributed by atoms with Crippen LogP contribution in [-0.2, 0) is 23.2 Å². The fraction of sp³-hybridized carbons (Fsp3) is 0.292. The van der Waals surface area contributed by atoms with Crippen LogP contribution in [0.3, 0.4) is 0 Å². The Balaban J connectivity index is 1.41. The van der Waals surface area contributed by atoms with E-state index in [1.807, 2.05) is 18.2 Å². The SMILES string of the molecule is O=C([C@@H](O)c1ccccc1Cl)N1CCc2nc(C3(c4ccccc4)CC3)[nH]c(=O)c2C1. The third kappa shape index (κ3) is 3.46. The minimum absolute atomic E-state index is 0.122. The monoisotopic (exact) mass is 435 g/mol. The van der Waals surface area contributed by atoms with Gasteiger partial charge in [0.2, 0.25) is 0 Å². The highest BCUT2D eigenvalue weighted by Crippen LogP contribution is 2.51. The molecule has 1 atom stereocenters. The summed E-state index contributed by atoms with van der Waals surface area (Å²) in [5, 5.41) is 10.9. The second kappa shape index (κ2) is 7.62. The molecule has 1 aliphatic carbocycles. The van der Waals surface area contributed by atoms with Crippen molar-refractivity contribution in [1.29, 1.82) is 0 Å². The highest BCUT2D eigenvalue weighted by atomic mass is 35.5. The van der Waals surface area contributed by atoms with Crippen molar-refractivity contribution in [3.63, 3.8) is 0 Å². The standard InChI is InChI=1S/C24H22ClN3O3/c25-18-9-5-4-8-16(18)20(29)22(31)28-13-10-19-17(14-28)21(30)27-23(26-19)24(11-12-24)15-6-2-1-3-7-15/h1-9,20,29H,10-14H2,(H,26,27,30)/t20-/m0/s1. The fourth-order valence-corrected chi connectivity index (χ4v) is 4.63. The smallest absolute Gasteiger partial charge is 0.256 e. The lowest BCUT2D eigenvalue weighted by molar-refractivity contribution is -0.141. The Bertz CT molecular complexity index is 1200. The van der Waals surface area contributed by atoms with Crippen LogP contribution in [0.25, 0.3) is 0 Å². The molecule has 2 aromatic carbocycles. The molecule has 0 radical (unpaired) electrons. The van der Waals surface area contributed by atoms with Crippen LogP contribution >= 0.6 is 11.6 Å². The first-order chi connectivity index (χ1) is 15.0. The number of hydrogen-bond acceptors (Lipinski definition) is 4. The lowest BCUT2D eigenvalue weighted by Gasteiger charge is -2.30. The Hall–Kier alpha value is -2.96. The topological polar surface area (TPSA) is 86.3 Å². The van der Waals surface area contributed by atoms with Crippen molar-refractivity contribution in [3.8, 4) is 0 Å². The lowest BCUT2D eigenvalue weighted by atomic mass is 9.94. The Kier molecular flexibility index (Phi) is 4.91. The number of carbonyl (C=O) groups excluding carboxylic acids is 1. The number of fused-ring (bicyclic) bond motifs is 1. The minimum Gasteiger partial charge on any atom is -0.378 e. The van der Waals surface area contributed by atoms with E-state index >= 15 is 0 Å². The van der Waals surface area contributed by atoms with E-state index in [0.717, 1.165) is 24.1 Å². The quantitative estimate of drug-likeness (QED) is 0.659. The predicted octanol–water partition coefficient (Wildman–Crippen LogP) is 3.12. The van der Waals surface area contributed by atoms with Gasteiger partial charge < -0.3 is 15.0 Å². The van der Waals surface area contributed by atoms with Gasteiger partial charge in [-0.25, -0.2) is 4.98 Å². The maximum absolute atomic E-state index is 12.9. The van der Waals surface area contributed by atoms with Crippen molar-refractivity contribution in [3.05, 3.63) is 98.2 Å². The van der Waals surface area contributed by atoms with Crippen molar-refractivity contribution >= 4 is 17.5 Å². The molecule has 3 aromatic rings. The number of nitrogens with one attached hydrogen (secondary N) is 1. The summed E-state index contributed by atoms with van der Waals surface area (Å²) >= 11 is 6.13. The highest BCUT2D eigenvalue weighted by Gasteiger charge is 2.48. The van der Waals surface area contributed by atoms with Gasteiger partial charge in [-0.1, -0.05) is 60.1 Å². The van der Waals surface area contributed by atoms with Crippen LogP contribution in [-0.4, -0.2) is 32.4 Å². The summed E-state index contributed by atoms with van der Waals surface area (Å²) in [6, 6.07) is 16.8. The van der Waals surface area contributed by atoms with E-state index in [-0.39, 0.29) is 17.5 Å². The summed E-state index contributed by atoms with van der Waals surface area (Å²) in [7, 11) is 0. The molecule has 1 saturated carbocycles. The number of benzene rings is 2. The highest BCUT2D eigenvalue weighted by molar-refractivity contribution is 6.31. The van der Waals surface area contributed by atoms with E-state index < -0.39 is 12.0 Å². The zero-order valence-electron chi connectivity index (χ0n) is 16.8. The molecule has 2 aliphatic rings. The second-order valence-corrected chi connectivity index (χ2v) is 8.63. The molecule has 0 unspecified atom stereocenters. The number of halogens is 1. The normalized spacial score (nSPS) is 17.7. The van der Waals surface area contributed by atoms with Crippen molar-refractivity contribution in [2.24, 2.45) is 0 Å². The molecule has 0 spiro atoms.